The fourth-order valence-corrected chi connectivity index (χ4v) is 2.89. The molecule has 1 aliphatic rings. The monoisotopic (exact) mass is 364 g/mol. The van der Waals surface area contributed by atoms with Crippen molar-refractivity contribution in [2.75, 3.05) is 31.1 Å². The number of anilines is 1. The molecular formula is C18H19F3N4O. The number of rotatable bonds is 3. The van der Waals surface area contributed by atoms with Gasteiger partial charge in [0.15, 0.2) is 5.82 Å². The number of benzene rings is 1. The van der Waals surface area contributed by atoms with Crippen LogP contribution in [0, 0.1) is 6.92 Å². The first-order valence-corrected chi connectivity index (χ1v) is 8.32. The number of hydrogen-bond donors (Lipinski definition) is 0. The van der Waals surface area contributed by atoms with Gasteiger partial charge in [-0.05, 0) is 30.7 Å². The lowest BCUT2D eigenvalue weighted by Crippen LogP contribution is -2.49. The topological polar surface area (TPSA) is 49.3 Å². The van der Waals surface area contributed by atoms with Crippen LogP contribution >= 0.6 is 0 Å². The zero-order valence-corrected chi connectivity index (χ0v) is 14.3. The molecular weight excluding hydrogens is 345 g/mol. The highest BCUT2D eigenvalue weighted by molar-refractivity contribution is 5.79. The molecule has 2 aromatic rings. The van der Waals surface area contributed by atoms with Gasteiger partial charge in [-0.1, -0.05) is 18.2 Å². The van der Waals surface area contributed by atoms with Crippen molar-refractivity contribution in [1.29, 1.82) is 0 Å². The Bertz CT molecular complexity index is 769. The van der Waals surface area contributed by atoms with Crippen LogP contribution < -0.4 is 4.90 Å². The van der Waals surface area contributed by atoms with Gasteiger partial charge in [-0.15, -0.1) is 5.10 Å². The number of aryl methyl sites for hydroxylation is 1. The number of carbonyl (C=O) groups is 1. The van der Waals surface area contributed by atoms with Crippen LogP contribution in [0.15, 0.2) is 36.4 Å². The molecule has 0 aliphatic carbocycles. The maximum atomic E-state index is 12.8. The summed E-state index contributed by atoms with van der Waals surface area (Å²) in [6.45, 7) is 4.11. The zero-order valence-electron chi connectivity index (χ0n) is 14.3. The molecule has 26 heavy (non-hydrogen) atoms. The van der Waals surface area contributed by atoms with Crippen molar-refractivity contribution in [3.05, 3.63) is 53.2 Å². The van der Waals surface area contributed by atoms with Gasteiger partial charge in [0.1, 0.15) is 0 Å². The second kappa shape index (κ2) is 7.31. The van der Waals surface area contributed by atoms with Crippen LogP contribution in [-0.2, 0) is 17.4 Å². The molecule has 0 spiro atoms. The molecule has 1 saturated heterocycles. The van der Waals surface area contributed by atoms with Gasteiger partial charge in [-0.25, -0.2) is 0 Å². The minimum Gasteiger partial charge on any atom is -0.352 e. The first kappa shape index (κ1) is 18.2. The summed E-state index contributed by atoms with van der Waals surface area (Å²) in [4.78, 5) is 16.1. The van der Waals surface area contributed by atoms with Crippen LogP contribution in [0.4, 0.5) is 19.0 Å². The van der Waals surface area contributed by atoms with Gasteiger partial charge in [-0.3, -0.25) is 4.79 Å². The quantitative estimate of drug-likeness (QED) is 0.840. The van der Waals surface area contributed by atoms with Gasteiger partial charge in [0.05, 0.1) is 17.7 Å². The second-order valence-corrected chi connectivity index (χ2v) is 6.28. The van der Waals surface area contributed by atoms with E-state index >= 15 is 0 Å². The van der Waals surface area contributed by atoms with Crippen molar-refractivity contribution < 1.29 is 18.0 Å². The zero-order chi connectivity index (χ0) is 18.7. The summed E-state index contributed by atoms with van der Waals surface area (Å²) in [7, 11) is 0. The Hall–Kier alpha value is -2.64. The van der Waals surface area contributed by atoms with E-state index in [2.05, 4.69) is 10.2 Å². The minimum atomic E-state index is -4.40. The highest BCUT2D eigenvalue weighted by atomic mass is 19.4. The number of aromatic nitrogens is 2. The van der Waals surface area contributed by atoms with Crippen molar-refractivity contribution in [2.24, 2.45) is 0 Å². The predicted molar refractivity (Wildman–Crippen MR) is 90.7 cm³/mol. The maximum absolute atomic E-state index is 12.8. The summed E-state index contributed by atoms with van der Waals surface area (Å²) in [5.74, 6) is 0.597. The molecule has 1 fully saturated rings. The van der Waals surface area contributed by atoms with E-state index in [1.807, 2.05) is 24.0 Å². The van der Waals surface area contributed by atoms with E-state index in [9.17, 15) is 18.0 Å². The van der Waals surface area contributed by atoms with E-state index in [0.717, 1.165) is 23.6 Å². The first-order valence-electron chi connectivity index (χ1n) is 8.32. The van der Waals surface area contributed by atoms with Crippen LogP contribution in [0.25, 0.3) is 0 Å². The summed E-state index contributed by atoms with van der Waals surface area (Å²) in [6.07, 6.45) is -4.44. The molecule has 0 bridgehead atoms. The van der Waals surface area contributed by atoms with Gasteiger partial charge in [0, 0.05) is 26.2 Å². The Morgan fingerprint density at radius 2 is 1.81 bits per heavy atom. The van der Waals surface area contributed by atoms with Gasteiger partial charge < -0.3 is 9.80 Å². The standard InChI is InChI=1S/C18H19F3N4O/c1-13-5-6-16(23-22-13)24-7-9-25(10-8-24)17(26)12-14-3-2-4-15(11-14)18(19,20)21/h2-6,11H,7-10,12H2,1H3. The van der Waals surface area contributed by atoms with Crippen LogP contribution in [0.2, 0.25) is 0 Å². The van der Waals surface area contributed by atoms with Crippen molar-refractivity contribution >= 4 is 11.7 Å². The van der Waals surface area contributed by atoms with Gasteiger partial charge in [0.2, 0.25) is 5.91 Å². The van der Waals surface area contributed by atoms with E-state index in [4.69, 9.17) is 0 Å². The fourth-order valence-electron chi connectivity index (χ4n) is 2.89. The largest absolute Gasteiger partial charge is 0.416 e. The Morgan fingerprint density at radius 1 is 1.08 bits per heavy atom. The molecule has 0 atom stereocenters. The number of halogens is 3. The Morgan fingerprint density at radius 3 is 2.42 bits per heavy atom. The van der Waals surface area contributed by atoms with Gasteiger partial charge in [0.25, 0.3) is 0 Å². The number of hydrogen-bond acceptors (Lipinski definition) is 4. The van der Waals surface area contributed by atoms with Crippen LogP contribution in [0.3, 0.4) is 0 Å². The van der Waals surface area contributed by atoms with Crippen molar-refractivity contribution in [3.63, 3.8) is 0 Å². The number of carbonyl (C=O) groups excluding carboxylic acids is 1. The second-order valence-electron chi connectivity index (χ2n) is 6.28. The highest BCUT2D eigenvalue weighted by Crippen LogP contribution is 2.29. The third kappa shape index (κ3) is 4.30. The number of alkyl halides is 3. The maximum Gasteiger partial charge on any atom is 0.416 e. The normalized spacial score (nSPS) is 15.2. The molecule has 1 amide bonds. The Labute approximate surface area is 149 Å². The van der Waals surface area contributed by atoms with E-state index in [0.29, 0.717) is 31.7 Å². The molecule has 8 heteroatoms. The molecule has 2 heterocycles. The molecule has 3 rings (SSSR count). The van der Waals surface area contributed by atoms with Crippen molar-refractivity contribution in [3.8, 4) is 0 Å². The van der Waals surface area contributed by atoms with E-state index in [1.165, 1.54) is 6.07 Å². The highest BCUT2D eigenvalue weighted by Gasteiger charge is 2.30. The van der Waals surface area contributed by atoms with Crippen LogP contribution in [-0.4, -0.2) is 47.2 Å². The fraction of sp³-hybridized carbons (Fsp3) is 0.389. The lowest BCUT2D eigenvalue weighted by Gasteiger charge is -2.35. The molecule has 0 saturated carbocycles. The lowest BCUT2D eigenvalue weighted by atomic mass is 10.1. The van der Waals surface area contributed by atoms with Gasteiger partial charge >= 0.3 is 6.18 Å². The van der Waals surface area contributed by atoms with E-state index in [1.54, 1.807) is 11.0 Å². The van der Waals surface area contributed by atoms with E-state index < -0.39 is 11.7 Å². The number of piperazine rings is 1. The first-order chi connectivity index (χ1) is 12.3. The molecule has 5 nitrogen and oxygen atoms in total. The van der Waals surface area contributed by atoms with E-state index in [-0.39, 0.29) is 12.3 Å². The summed E-state index contributed by atoms with van der Waals surface area (Å²) >= 11 is 0. The SMILES string of the molecule is Cc1ccc(N2CCN(C(=O)Cc3cccc(C(F)(F)F)c3)CC2)nn1. The van der Waals surface area contributed by atoms with Crippen LogP contribution in [0.1, 0.15) is 16.8 Å². The molecule has 1 aromatic heterocycles. The predicted octanol–water partition coefficient (Wildman–Crippen LogP) is 2.70. The molecule has 0 unspecified atom stereocenters. The number of amides is 1. The third-order valence-electron chi connectivity index (χ3n) is 4.35. The molecule has 138 valence electrons. The van der Waals surface area contributed by atoms with Crippen LogP contribution in [0.5, 0.6) is 0 Å². The van der Waals surface area contributed by atoms with Crippen molar-refractivity contribution in [1.82, 2.24) is 15.1 Å². The Balaban J connectivity index is 1.58. The van der Waals surface area contributed by atoms with Crippen molar-refractivity contribution in [2.45, 2.75) is 19.5 Å². The minimum absolute atomic E-state index is 0.0335. The molecule has 1 aromatic carbocycles. The molecule has 0 radical (unpaired) electrons. The van der Waals surface area contributed by atoms with Gasteiger partial charge in [-0.2, -0.15) is 18.3 Å². The summed E-state index contributed by atoms with van der Waals surface area (Å²) in [5, 5.41) is 8.17. The average molecular weight is 364 g/mol. The molecule has 1 aliphatic heterocycles. The third-order valence-corrected chi connectivity index (χ3v) is 4.35. The molecule has 0 N–H and O–H groups in total. The lowest BCUT2D eigenvalue weighted by molar-refractivity contribution is -0.138. The smallest absolute Gasteiger partial charge is 0.352 e. The summed E-state index contributed by atoms with van der Waals surface area (Å²) < 4.78 is 38.3. The Kier molecular flexibility index (Phi) is 5.11. The summed E-state index contributed by atoms with van der Waals surface area (Å²) in [5.41, 5.74) is 0.478. The summed E-state index contributed by atoms with van der Waals surface area (Å²) in [6, 6.07) is 8.70. The average Bonchev–Trinajstić information content (AvgIpc) is 2.62. The number of nitrogens with zero attached hydrogens (tertiary/aromatic N) is 4.